The first kappa shape index (κ1) is 22.1. The van der Waals surface area contributed by atoms with E-state index >= 15 is 0 Å². The molecule has 0 spiro atoms. The molecule has 166 valence electrons. The minimum atomic E-state index is 0.148. The molecule has 1 N–H and O–H groups in total. The highest BCUT2D eigenvalue weighted by atomic mass is 16.5. The van der Waals surface area contributed by atoms with Crippen LogP contribution in [0.15, 0.2) is 48.5 Å². The number of fused-ring (bicyclic) bond motifs is 2. The van der Waals surface area contributed by atoms with Crippen LogP contribution in [0.2, 0.25) is 0 Å². The molecule has 3 unspecified atom stereocenters. The second-order valence-corrected chi connectivity index (χ2v) is 9.52. The third-order valence-corrected chi connectivity index (χ3v) is 7.43. The van der Waals surface area contributed by atoms with Gasteiger partial charge in [-0.1, -0.05) is 68.7 Å². The molecule has 4 atom stereocenters. The number of phenolic OH excluding ortho intramolecular Hbond substituents is 1. The van der Waals surface area contributed by atoms with Crippen LogP contribution in [0.1, 0.15) is 68.6 Å². The highest BCUT2D eigenvalue weighted by molar-refractivity contribution is 5.84. The SMILES string of the molecule is CCCCC[C@@H](CCC1C(=O)CC2Cc3c(O)cccc3CC21)OCc1ccccc1. The van der Waals surface area contributed by atoms with Gasteiger partial charge in [-0.3, -0.25) is 4.79 Å². The molecule has 2 aliphatic carbocycles. The largest absolute Gasteiger partial charge is 0.508 e. The predicted octanol–water partition coefficient (Wildman–Crippen LogP) is 6.26. The molecule has 0 aliphatic heterocycles. The van der Waals surface area contributed by atoms with E-state index in [4.69, 9.17) is 4.74 Å². The minimum absolute atomic E-state index is 0.148. The number of rotatable bonds is 10. The van der Waals surface area contributed by atoms with E-state index < -0.39 is 0 Å². The van der Waals surface area contributed by atoms with Crippen molar-refractivity contribution in [2.45, 2.75) is 77.4 Å². The number of unbranched alkanes of at least 4 members (excludes halogenated alkanes) is 2. The van der Waals surface area contributed by atoms with Crippen LogP contribution in [0.5, 0.6) is 5.75 Å². The van der Waals surface area contributed by atoms with Crippen LogP contribution in [-0.2, 0) is 29.0 Å². The maximum absolute atomic E-state index is 12.9. The number of hydrogen-bond donors (Lipinski definition) is 1. The first-order valence-electron chi connectivity index (χ1n) is 12.1. The number of benzene rings is 2. The van der Waals surface area contributed by atoms with Crippen molar-refractivity contribution in [3.63, 3.8) is 0 Å². The highest BCUT2D eigenvalue weighted by Gasteiger charge is 2.44. The predicted molar refractivity (Wildman–Crippen MR) is 124 cm³/mol. The second-order valence-electron chi connectivity index (χ2n) is 9.52. The molecule has 3 heteroatoms. The summed E-state index contributed by atoms with van der Waals surface area (Å²) in [4.78, 5) is 12.9. The van der Waals surface area contributed by atoms with Gasteiger partial charge in [0.1, 0.15) is 11.5 Å². The van der Waals surface area contributed by atoms with Crippen molar-refractivity contribution in [1.82, 2.24) is 0 Å². The lowest BCUT2D eigenvalue weighted by molar-refractivity contribution is -0.121. The van der Waals surface area contributed by atoms with E-state index in [9.17, 15) is 9.90 Å². The normalized spacial score (nSPS) is 23.4. The third kappa shape index (κ3) is 5.38. The maximum Gasteiger partial charge on any atom is 0.136 e. The Labute approximate surface area is 186 Å². The number of hydrogen-bond acceptors (Lipinski definition) is 3. The van der Waals surface area contributed by atoms with Crippen LogP contribution in [0.25, 0.3) is 0 Å². The fourth-order valence-electron chi connectivity index (χ4n) is 5.69. The van der Waals surface area contributed by atoms with Crippen molar-refractivity contribution >= 4 is 5.78 Å². The van der Waals surface area contributed by atoms with Crippen LogP contribution < -0.4 is 0 Å². The summed E-state index contributed by atoms with van der Waals surface area (Å²) in [6.45, 7) is 2.88. The summed E-state index contributed by atoms with van der Waals surface area (Å²) in [6, 6.07) is 16.2. The van der Waals surface area contributed by atoms with Crippen molar-refractivity contribution in [3.05, 3.63) is 65.2 Å². The Hall–Kier alpha value is -2.13. The molecule has 3 nitrogen and oxygen atoms in total. The number of ether oxygens (including phenoxy) is 1. The summed E-state index contributed by atoms with van der Waals surface area (Å²) in [5.74, 6) is 1.79. The Morgan fingerprint density at radius 2 is 1.84 bits per heavy atom. The molecule has 0 bridgehead atoms. The quantitative estimate of drug-likeness (QED) is 0.462. The monoisotopic (exact) mass is 420 g/mol. The number of ketones is 1. The van der Waals surface area contributed by atoms with Gasteiger partial charge in [0.25, 0.3) is 0 Å². The summed E-state index contributed by atoms with van der Waals surface area (Å²) in [6.07, 6.45) is 9.27. The molecule has 0 heterocycles. The van der Waals surface area contributed by atoms with E-state index in [-0.39, 0.29) is 12.0 Å². The van der Waals surface area contributed by atoms with Gasteiger partial charge in [0.2, 0.25) is 0 Å². The number of phenols is 1. The fourth-order valence-corrected chi connectivity index (χ4v) is 5.69. The van der Waals surface area contributed by atoms with Crippen molar-refractivity contribution in [3.8, 4) is 5.75 Å². The fraction of sp³-hybridized carbons (Fsp3) is 0.536. The van der Waals surface area contributed by atoms with Crippen LogP contribution >= 0.6 is 0 Å². The van der Waals surface area contributed by atoms with Crippen LogP contribution in [-0.4, -0.2) is 17.0 Å². The Balaban J connectivity index is 1.38. The first-order chi connectivity index (χ1) is 15.2. The summed E-state index contributed by atoms with van der Waals surface area (Å²) in [5, 5.41) is 10.2. The summed E-state index contributed by atoms with van der Waals surface area (Å²) >= 11 is 0. The molecule has 0 radical (unpaired) electrons. The van der Waals surface area contributed by atoms with E-state index in [0.717, 1.165) is 37.7 Å². The lowest BCUT2D eigenvalue weighted by atomic mass is 9.73. The average Bonchev–Trinajstić information content (AvgIpc) is 3.09. The van der Waals surface area contributed by atoms with Gasteiger partial charge < -0.3 is 9.84 Å². The Morgan fingerprint density at radius 3 is 2.65 bits per heavy atom. The average molecular weight is 421 g/mol. The number of carbonyl (C=O) groups excluding carboxylic acids is 1. The highest BCUT2D eigenvalue weighted by Crippen LogP contribution is 2.46. The van der Waals surface area contributed by atoms with E-state index in [1.54, 1.807) is 6.07 Å². The first-order valence-corrected chi connectivity index (χ1v) is 12.1. The van der Waals surface area contributed by atoms with Crippen LogP contribution in [0.3, 0.4) is 0 Å². The van der Waals surface area contributed by atoms with E-state index in [0.29, 0.717) is 36.4 Å². The van der Waals surface area contributed by atoms with Crippen LogP contribution in [0.4, 0.5) is 0 Å². The zero-order chi connectivity index (χ0) is 21.6. The minimum Gasteiger partial charge on any atom is -0.508 e. The molecule has 2 aromatic carbocycles. The molecular formula is C28H36O3. The van der Waals surface area contributed by atoms with Crippen molar-refractivity contribution in [1.29, 1.82) is 0 Å². The van der Waals surface area contributed by atoms with Crippen LogP contribution in [0, 0.1) is 17.8 Å². The molecule has 2 aromatic rings. The molecule has 0 aromatic heterocycles. The summed E-state index contributed by atoms with van der Waals surface area (Å²) < 4.78 is 6.33. The Bertz CT molecular complexity index is 860. The standard InChI is InChI=1S/C28H36O3/c1-2-3-5-12-23(31-19-20-9-6-4-7-10-20)14-15-24-25-16-21-11-8-13-27(29)26(21)17-22(25)18-28(24)30/h4,6-11,13,22-25,29H,2-3,5,12,14-19H2,1H3/t22?,23-,24?,25?/m0/s1. The zero-order valence-electron chi connectivity index (χ0n) is 18.8. The molecule has 2 aliphatic rings. The van der Waals surface area contributed by atoms with Gasteiger partial charge in [-0.25, -0.2) is 0 Å². The lowest BCUT2D eigenvalue weighted by Crippen LogP contribution is -2.27. The topological polar surface area (TPSA) is 46.5 Å². The summed E-state index contributed by atoms with van der Waals surface area (Å²) in [5.41, 5.74) is 3.52. The van der Waals surface area contributed by atoms with Crippen molar-refractivity contribution in [2.75, 3.05) is 0 Å². The van der Waals surface area contributed by atoms with Gasteiger partial charge in [0.15, 0.2) is 0 Å². The maximum atomic E-state index is 12.9. The Kier molecular flexibility index (Phi) is 7.45. The van der Waals surface area contributed by atoms with E-state index in [1.165, 1.54) is 30.4 Å². The van der Waals surface area contributed by atoms with Gasteiger partial charge in [-0.2, -0.15) is 0 Å². The Morgan fingerprint density at radius 1 is 1.00 bits per heavy atom. The van der Waals surface area contributed by atoms with Gasteiger partial charge in [0, 0.05) is 12.3 Å². The summed E-state index contributed by atoms with van der Waals surface area (Å²) in [7, 11) is 0. The van der Waals surface area contributed by atoms with E-state index in [1.807, 2.05) is 12.1 Å². The van der Waals surface area contributed by atoms with E-state index in [2.05, 4.69) is 37.3 Å². The van der Waals surface area contributed by atoms with Crippen molar-refractivity contribution in [2.24, 2.45) is 17.8 Å². The van der Waals surface area contributed by atoms with Gasteiger partial charge in [0.05, 0.1) is 12.7 Å². The molecule has 0 amide bonds. The molecule has 0 saturated heterocycles. The molecule has 1 fully saturated rings. The zero-order valence-corrected chi connectivity index (χ0v) is 18.8. The third-order valence-electron chi connectivity index (χ3n) is 7.43. The number of aromatic hydroxyl groups is 1. The smallest absolute Gasteiger partial charge is 0.136 e. The molecule has 1 saturated carbocycles. The van der Waals surface area contributed by atoms with Gasteiger partial charge >= 0.3 is 0 Å². The van der Waals surface area contributed by atoms with Gasteiger partial charge in [-0.15, -0.1) is 0 Å². The lowest BCUT2D eigenvalue weighted by Gasteiger charge is -2.31. The number of Topliss-reactive ketones (excluding diaryl/α,β-unsaturated/α-hetero) is 1. The van der Waals surface area contributed by atoms with Gasteiger partial charge in [-0.05, 0) is 66.7 Å². The molecule has 31 heavy (non-hydrogen) atoms. The molecule has 4 rings (SSSR count). The number of carbonyl (C=O) groups is 1. The molecular weight excluding hydrogens is 384 g/mol. The van der Waals surface area contributed by atoms with Crippen molar-refractivity contribution < 1.29 is 14.6 Å². The second kappa shape index (κ2) is 10.5.